The van der Waals surface area contributed by atoms with Crippen molar-refractivity contribution in [3.63, 3.8) is 0 Å². The molecule has 0 spiro atoms. The second kappa shape index (κ2) is 8.72. The molecule has 1 heterocycles. The van der Waals surface area contributed by atoms with E-state index in [4.69, 9.17) is 20.9 Å². The van der Waals surface area contributed by atoms with Gasteiger partial charge in [-0.1, -0.05) is 127 Å². The van der Waals surface area contributed by atoms with Crippen LogP contribution in [0.15, 0.2) is 150 Å². The Labute approximate surface area is 247 Å². The van der Waals surface area contributed by atoms with Gasteiger partial charge in [-0.05, 0) is 73.1 Å². The Morgan fingerprint density at radius 3 is 1.64 bits per heavy atom. The molecule has 0 fully saturated rings. The van der Waals surface area contributed by atoms with Crippen LogP contribution >= 0.6 is 0 Å². The zero-order chi connectivity index (χ0) is 38.8. The molecule has 0 amide bonds. The van der Waals surface area contributed by atoms with E-state index in [0.29, 0.717) is 5.56 Å². The largest absolute Gasteiger partial charge is 0.456 e. The van der Waals surface area contributed by atoms with Gasteiger partial charge in [-0.3, -0.25) is 0 Å². The highest BCUT2D eigenvalue weighted by molar-refractivity contribution is 6.22. The molecule has 0 atom stereocenters. The van der Waals surface area contributed by atoms with Crippen LogP contribution in [0.1, 0.15) is 20.6 Å². The zero-order valence-electron chi connectivity index (χ0n) is 35.1. The van der Waals surface area contributed by atoms with E-state index in [1.165, 1.54) is 6.07 Å². The standard InChI is InChI=1S/C38H24O/c1-2-12-25(13-3-1)37-30-17-6-8-19-32(30)38(33-20-9-7-18-31(33)37)29-16-5-4-14-27(29)26-22-23-36-34(24-26)28-15-10-11-21-35(28)39-36/h1-24H/i6D,7D,8D,9D,10D,11D,15D,17D,18D,19D,20D,21D,22D,23D,24D. The normalized spacial score (nSPS) is 17.0. The first-order valence-electron chi connectivity index (χ1n) is 19.6. The molecule has 0 bridgehead atoms. The van der Waals surface area contributed by atoms with E-state index < -0.39 is 90.6 Å². The van der Waals surface area contributed by atoms with Crippen molar-refractivity contribution in [1.29, 1.82) is 0 Å². The van der Waals surface area contributed by atoms with Crippen LogP contribution in [0, 0.1) is 0 Å². The SMILES string of the molecule is [2H]c1c([2H])c([2H])c2c(oc3c([2H])c([2H])c(-c4ccccc4-c4c5c([2H])c([2H])c([2H])c([2H])c5c(-c5ccccc5)c5c([2H])c([2H])c([2H])c([2H])c45)c([2H])c32)c1[2H]. The maximum Gasteiger partial charge on any atom is 0.135 e. The van der Waals surface area contributed by atoms with Gasteiger partial charge < -0.3 is 4.42 Å². The Kier molecular flexibility index (Phi) is 2.62. The molecule has 8 aromatic rings. The molecular weight excluding hydrogens is 472 g/mol. The van der Waals surface area contributed by atoms with Crippen LogP contribution < -0.4 is 0 Å². The Balaban J connectivity index is 1.64. The van der Waals surface area contributed by atoms with Crippen molar-refractivity contribution in [2.24, 2.45) is 0 Å². The average Bonchev–Trinajstić information content (AvgIpc) is 3.59. The summed E-state index contributed by atoms with van der Waals surface area (Å²) in [5.41, 5.74) is 0.0440. The third-order valence-corrected chi connectivity index (χ3v) is 6.79. The third-order valence-electron chi connectivity index (χ3n) is 6.79. The highest BCUT2D eigenvalue weighted by atomic mass is 16.3. The Morgan fingerprint density at radius 2 is 0.949 bits per heavy atom. The molecule has 1 heteroatoms. The minimum atomic E-state index is -0.596. The first-order chi connectivity index (χ1) is 25.6. The number of furan rings is 1. The fourth-order valence-corrected chi connectivity index (χ4v) is 5.14. The van der Waals surface area contributed by atoms with Crippen LogP contribution in [0.2, 0.25) is 0 Å². The van der Waals surface area contributed by atoms with Gasteiger partial charge >= 0.3 is 0 Å². The number of benzene rings is 7. The summed E-state index contributed by atoms with van der Waals surface area (Å²) in [7, 11) is 0. The number of fused-ring (bicyclic) bond motifs is 5. The highest BCUT2D eigenvalue weighted by Crippen LogP contribution is 2.46. The molecule has 0 saturated carbocycles. The summed E-state index contributed by atoms with van der Waals surface area (Å²) in [6.45, 7) is 0. The molecule has 0 saturated heterocycles. The second-order valence-electron chi connectivity index (χ2n) is 8.92. The first kappa shape index (κ1) is 11.7. The van der Waals surface area contributed by atoms with E-state index in [1.807, 2.05) is 0 Å². The summed E-state index contributed by atoms with van der Waals surface area (Å²) in [5, 5.41) is -0.461. The molecule has 1 nitrogen and oxygen atoms in total. The van der Waals surface area contributed by atoms with Crippen molar-refractivity contribution in [3.05, 3.63) is 145 Å². The average molecular weight is 512 g/mol. The smallest absolute Gasteiger partial charge is 0.135 e. The Morgan fingerprint density at radius 1 is 0.410 bits per heavy atom. The lowest BCUT2D eigenvalue weighted by atomic mass is 9.84. The molecule has 1 aromatic heterocycles. The van der Waals surface area contributed by atoms with Gasteiger partial charge in [-0.15, -0.1) is 0 Å². The summed E-state index contributed by atoms with van der Waals surface area (Å²) < 4.78 is 138. The van der Waals surface area contributed by atoms with E-state index in [9.17, 15) is 4.11 Å². The van der Waals surface area contributed by atoms with Crippen LogP contribution in [0.5, 0.6) is 0 Å². The topological polar surface area (TPSA) is 13.1 Å². The molecular formula is C38H24O. The Bertz CT molecular complexity index is 2910. The van der Waals surface area contributed by atoms with Crippen molar-refractivity contribution in [2.75, 3.05) is 0 Å². The minimum absolute atomic E-state index is 0.0137. The van der Waals surface area contributed by atoms with E-state index in [1.54, 1.807) is 48.5 Å². The first-order valence-corrected chi connectivity index (χ1v) is 12.1. The summed E-state index contributed by atoms with van der Waals surface area (Å²) in [5.74, 6) is 0. The second-order valence-corrected chi connectivity index (χ2v) is 8.92. The van der Waals surface area contributed by atoms with Crippen LogP contribution in [-0.2, 0) is 0 Å². The van der Waals surface area contributed by atoms with Crippen LogP contribution in [0.25, 0.3) is 76.9 Å². The van der Waals surface area contributed by atoms with Gasteiger partial charge in [0.2, 0.25) is 0 Å². The fourth-order valence-electron chi connectivity index (χ4n) is 5.14. The van der Waals surface area contributed by atoms with Gasteiger partial charge in [0.05, 0.1) is 20.6 Å². The lowest BCUT2D eigenvalue weighted by Crippen LogP contribution is -1.92. The minimum Gasteiger partial charge on any atom is -0.456 e. The maximum atomic E-state index is 9.45. The van der Waals surface area contributed by atoms with E-state index in [0.717, 1.165) is 0 Å². The molecule has 182 valence electrons. The van der Waals surface area contributed by atoms with Gasteiger partial charge in [0.25, 0.3) is 0 Å². The molecule has 0 N–H and O–H groups in total. The van der Waals surface area contributed by atoms with Crippen LogP contribution in [0.3, 0.4) is 0 Å². The van der Waals surface area contributed by atoms with E-state index >= 15 is 0 Å². The van der Waals surface area contributed by atoms with E-state index in [-0.39, 0.29) is 71.3 Å². The monoisotopic (exact) mass is 511 g/mol. The van der Waals surface area contributed by atoms with Crippen LogP contribution in [0.4, 0.5) is 0 Å². The van der Waals surface area contributed by atoms with Crippen molar-refractivity contribution in [1.82, 2.24) is 0 Å². The van der Waals surface area contributed by atoms with Gasteiger partial charge in [0.15, 0.2) is 0 Å². The van der Waals surface area contributed by atoms with Gasteiger partial charge in [0, 0.05) is 10.8 Å². The molecule has 7 aromatic carbocycles. The van der Waals surface area contributed by atoms with Crippen molar-refractivity contribution in [3.8, 4) is 33.4 Å². The molecule has 0 aliphatic rings. The predicted molar refractivity (Wildman–Crippen MR) is 165 cm³/mol. The fraction of sp³-hybridized carbons (Fsp3) is 0. The number of rotatable bonds is 3. The predicted octanol–water partition coefficient (Wildman–Crippen LogP) is 10.9. The van der Waals surface area contributed by atoms with Gasteiger partial charge in [0.1, 0.15) is 11.2 Å². The highest BCUT2D eigenvalue weighted by Gasteiger charge is 2.19. The lowest BCUT2D eigenvalue weighted by molar-refractivity contribution is 0.669. The van der Waals surface area contributed by atoms with Crippen LogP contribution in [-0.4, -0.2) is 0 Å². The maximum absolute atomic E-state index is 9.45. The number of hydrogen-bond donors (Lipinski definition) is 0. The number of hydrogen-bond acceptors (Lipinski definition) is 1. The molecule has 0 aliphatic carbocycles. The Hall–Kier alpha value is -5.14. The van der Waals surface area contributed by atoms with Crippen molar-refractivity contribution >= 4 is 43.5 Å². The van der Waals surface area contributed by atoms with Gasteiger partial charge in [-0.2, -0.15) is 0 Å². The van der Waals surface area contributed by atoms with Gasteiger partial charge in [-0.25, -0.2) is 0 Å². The molecule has 0 radical (unpaired) electrons. The lowest BCUT2D eigenvalue weighted by Gasteiger charge is -2.19. The van der Waals surface area contributed by atoms with E-state index in [2.05, 4.69) is 0 Å². The number of para-hydroxylation sites is 1. The zero-order valence-corrected chi connectivity index (χ0v) is 20.1. The molecule has 0 unspecified atom stereocenters. The summed E-state index contributed by atoms with van der Waals surface area (Å²) in [6, 6.07) is 6.91. The summed E-state index contributed by atoms with van der Waals surface area (Å²) in [6.07, 6.45) is 0. The summed E-state index contributed by atoms with van der Waals surface area (Å²) >= 11 is 0. The molecule has 8 rings (SSSR count). The molecule has 39 heavy (non-hydrogen) atoms. The summed E-state index contributed by atoms with van der Waals surface area (Å²) in [4.78, 5) is 0. The quantitative estimate of drug-likeness (QED) is 0.215. The van der Waals surface area contributed by atoms with Crippen molar-refractivity contribution in [2.45, 2.75) is 0 Å². The van der Waals surface area contributed by atoms with Crippen molar-refractivity contribution < 1.29 is 25.0 Å². The molecule has 0 aliphatic heterocycles. The third kappa shape index (κ3) is 3.41.